The molecule has 3 rings (SSSR count). The fraction of sp³-hybridized carbons (Fsp3) is 0.550. The quantitative estimate of drug-likeness (QED) is 0.779. The summed E-state index contributed by atoms with van der Waals surface area (Å²) in [5, 5.41) is 16.7. The summed E-state index contributed by atoms with van der Waals surface area (Å²) in [6.07, 6.45) is 4.92. The molecule has 0 aliphatic carbocycles. The number of piperidine rings is 1. The van der Waals surface area contributed by atoms with E-state index < -0.39 is 0 Å². The van der Waals surface area contributed by atoms with Crippen LogP contribution in [0.15, 0.2) is 30.6 Å². The molecule has 0 bridgehead atoms. The van der Waals surface area contributed by atoms with Crippen molar-refractivity contribution in [2.24, 2.45) is 0 Å². The summed E-state index contributed by atoms with van der Waals surface area (Å²) < 4.78 is 1.87. The Bertz CT molecular complexity index is 741. The molecule has 2 aromatic rings. The highest BCUT2D eigenvalue weighted by atomic mass is 16.3. The fourth-order valence-corrected chi connectivity index (χ4v) is 3.58. The van der Waals surface area contributed by atoms with Crippen molar-refractivity contribution in [3.8, 4) is 11.4 Å². The van der Waals surface area contributed by atoms with Gasteiger partial charge in [-0.15, -0.1) is 0 Å². The highest BCUT2D eigenvalue weighted by molar-refractivity contribution is 5.94. The van der Waals surface area contributed by atoms with Gasteiger partial charge in [-0.05, 0) is 45.4 Å². The molecule has 1 aliphatic heterocycles. The van der Waals surface area contributed by atoms with E-state index in [9.17, 15) is 9.90 Å². The van der Waals surface area contributed by atoms with Crippen LogP contribution in [0, 0.1) is 0 Å². The minimum Gasteiger partial charge on any atom is -0.395 e. The number of nitrogens with zero attached hydrogens (tertiary/aromatic N) is 4. The van der Waals surface area contributed by atoms with Crippen LogP contribution in [0.25, 0.3) is 11.4 Å². The third kappa shape index (κ3) is 4.73. The normalized spacial score (nSPS) is 18.0. The van der Waals surface area contributed by atoms with Gasteiger partial charge in [0.25, 0.3) is 5.91 Å². The smallest absolute Gasteiger partial charge is 0.251 e. The molecule has 0 saturated carbocycles. The standard InChI is InChI=1S/C20H29N5O2/c1-15(2)25-19(22-14-23-25)16-6-8-17(9-7-16)20(27)21-10-12-24-11-4-3-5-18(24)13-26/h6-9,14-15,18,26H,3-5,10-13H2,1-2H3,(H,21,27). The lowest BCUT2D eigenvalue weighted by Gasteiger charge is -2.34. The SMILES string of the molecule is CC(C)n1ncnc1-c1ccc(C(=O)NCCN2CCCCC2CO)cc1. The Hall–Kier alpha value is -2.25. The zero-order valence-electron chi connectivity index (χ0n) is 16.1. The summed E-state index contributed by atoms with van der Waals surface area (Å²) in [4.78, 5) is 19.0. The van der Waals surface area contributed by atoms with Crippen molar-refractivity contribution < 1.29 is 9.90 Å². The first-order valence-corrected chi connectivity index (χ1v) is 9.73. The Morgan fingerprint density at radius 1 is 1.30 bits per heavy atom. The van der Waals surface area contributed by atoms with Crippen molar-refractivity contribution >= 4 is 5.91 Å². The minimum absolute atomic E-state index is 0.0792. The number of nitrogens with one attached hydrogen (secondary N) is 1. The average Bonchev–Trinajstić information content (AvgIpc) is 3.18. The van der Waals surface area contributed by atoms with Crippen molar-refractivity contribution in [3.05, 3.63) is 36.2 Å². The lowest BCUT2D eigenvalue weighted by Crippen LogP contribution is -2.45. The van der Waals surface area contributed by atoms with Crippen molar-refractivity contribution in [1.29, 1.82) is 0 Å². The molecule has 7 nitrogen and oxygen atoms in total. The lowest BCUT2D eigenvalue weighted by molar-refractivity contribution is 0.0849. The van der Waals surface area contributed by atoms with Crippen LogP contribution < -0.4 is 5.32 Å². The van der Waals surface area contributed by atoms with E-state index in [1.54, 1.807) is 6.33 Å². The van der Waals surface area contributed by atoms with Crippen molar-refractivity contribution in [2.75, 3.05) is 26.2 Å². The first-order chi connectivity index (χ1) is 13.1. The molecule has 1 aliphatic rings. The van der Waals surface area contributed by atoms with Crippen LogP contribution in [-0.2, 0) is 0 Å². The number of likely N-dealkylation sites (tertiary alicyclic amines) is 1. The Balaban J connectivity index is 1.55. The lowest BCUT2D eigenvalue weighted by atomic mass is 10.0. The number of aliphatic hydroxyl groups is 1. The second-order valence-corrected chi connectivity index (χ2v) is 7.32. The van der Waals surface area contributed by atoms with Gasteiger partial charge < -0.3 is 10.4 Å². The van der Waals surface area contributed by atoms with Gasteiger partial charge in [-0.2, -0.15) is 5.10 Å². The van der Waals surface area contributed by atoms with E-state index in [1.807, 2.05) is 28.9 Å². The van der Waals surface area contributed by atoms with Gasteiger partial charge in [0, 0.05) is 36.3 Å². The van der Waals surface area contributed by atoms with Gasteiger partial charge in [-0.1, -0.05) is 18.6 Å². The molecule has 0 spiro atoms. The Morgan fingerprint density at radius 2 is 2.07 bits per heavy atom. The van der Waals surface area contributed by atoms with E-state index in [4.69, 9.17) is 0 Å². The summed E-state index contributed by atoms with van der Waals surface area (Å²) in [6, 6.07) is 7.91. The molecule has 1 fully saturated rings. The molecule has 7 heteroatoms. The number of carbonyl (C=O) groups excluding carboxylic acids is 1. The summed E-state index contributed by atoms with van der Waals surface area (Å²) >= 11 is 0. The van der Waals surface area contributed by atoms with Crippen LogP contribution in [0.1, 0.15) is 49.5 Å². The van der Waals surface area contributed by atoms with Crippen LogP contribution in [0.3, 0.4) is 0 Å². The molecular formula is C20H29N5O2. The summed E-state index contributed by atoms with van der Waals surface area (Å²) in [5.74, 6) is 0.724. The van der Waals surface area contributed by atoms with E-state index in [0.717, 1.165) is 37.3 Å². The molecule has 27 heavy (non-hydrogen) atoms. The zero-order chi connectivity index (χ0) is 19.2. The number of aromatic nitrogens is 3. The van der Waals surface area contributed by atoms with Gasteiger partial charge in [0.1, 0.15) is 6.33 Å². The van der Waals surface area contributed by atoms with Crippen LogP contribution in [0.4, 0.5) is 0 Å². The number of aliphatic hydroxyl groups excluding tert-OH is 1. The van der Waals surface area contributed by atoms with Crippen molar-refractivity contribution in [1.82, 2.24) is 25.0 Å². The van der Waals surface area contributed by atoms with E-state index >= 15 is 0 Å². The molecule has 1 amide bonds. The molecule has 2 N–H and O–H groups in total. The van der Waals surface area contributed by atoms with E-state index in [1.165, 1.54) is 6.42 Å². The van der Waals surface area contributed by atoms with Crippen LogP contribution in [0.2, 0.25) is 0 Å². The molecule has 2 heterocycles. The molecular weight excluding hydrogens is 342 g/mol. The largest absolute Gasteiger partial charge is 0.395 e. The van der Waals surface area contributed by atoms with Gasteiger partial charge >= 0.3 is 0 Å². The van der Waals surface area contributed by atoms with Gasteiger partial charge in [-0.3, -0.25) is 9.69 Å². The Labute approximate surface area is 160 Å². The molecule has 1 atom stereocenters. The van der Waals surface area contributed by atoms with Gasteiger partial charge in [0.15, 0.2) is 5.82 Å². The second-order valence-electron chi connectivity index (χ2n) is 7.32. The van der Waals surface area contributed by atoms with Crippen molar-refractivity contribution in [2.45, 2.75) is 45.2 Å². The predicted molar refractivity (Wildman–Crippen MR) is 104 cm³/mol. The number of hydrogen-bond donors (Lipinski definition) is 2. The van der Waals surface area contributed by atoms with Gasteiger partial charge in [-0.25, -0.2) is 9.67 Å². The summed E-state index contributed by atoms with van der Waals surface area (Å²) in [6.45, 7) is 6.65. The third-order valence-corrected chi connectivity index (χ3v) is 5.11. The maximum absolute atomic E-state index is 12.4. The number of hydrogen-bond acceptors (Lipinski definition) is 5. The Kier molecular flexibility index (Phi) is 6.58. The summed E-state index contributed by atoms with van der Waals surface area (Å²) in [7, 11) is 0. The average molecular weight is 371 g/mol. The van der Waals surface area contributed by atoms with Gasteiger partial charge in [0.2, 0.25) is 0 Å². The maximum atomic E-state index is 12.4. The first kappa shape index (κ1) is 19.5. The van der Waals surface area contributed by atoms with Crippen LogP contribution >= 0.6 is 0 Å². The second kappa shape index (κ2) is 9.10. The molecule has 1 aromatic carbocycles. The molecule has 146 valence electrons. The monoisotopic (exact) mass is 371 g/mol. The molecule has 1 unspecified atom stereocenters. The molecule has 0 radical (unpaired) electrons. The third-order valence-electron chi connectivity index (χ3n) is 5.11. The summed E-state index contributed by atoms with van der Waals surface area (Å²) in [5.41, 5.74) is 1.57. The van der Waals surface area contributed by atoms with Gasteiger partial charge in [0.05, 0.1) is 6.61 Å². The highest BCUT2D eigenvalue weighted by Crippen LogP contribution is 2.20. The highest BCUT2D eigenvalue weighted by Gasteiger charge is 2.21. The van der Waals surface area contributed by atoms with Crippen molar-refractivity contribution in [3.63, 3.8) is 0 Å². The number of carbonyl (C=O) groups is 1. The Morgan fingerprint density at radius 3 is 2.78 bits per heavy atom. The van der Waals surface area contributed by atoms with E-state index in [2.05, 4.69) is 34.1 Å². The fourth-order valence-electron chi connectivity index (χ4n) is 3.58. The number of amides is 1. The topological polar surface area (TPSA) is 83.3 Å². The number of benzene rings is 1. The zero-order valence-corrected chi connectivity index (χ0v) is 16.1. The van der Waals surface area contributed by atoms with Crippen LogP contribution in [-0.4, -0.2) is 63.0 Å². The minimum atomic E-state index is -0.0792. The maximum Gasteiger partial charge on any atom is 0.251 e. The van der Waals surface area contributed by atoms with Crippen LogP contribution in [0.5, 0.6) is 0 Å². The molecule has 1 saturated heterocycles. The van der Waals surface area contributed by atoms with E-state index in [-0.39, 0.29) is 24.6 Å². The first-order valence-electron chi connectivity index (χ1n) is 9.73. The number of rotatable bonds is 7. The molecule has 1 aromatic heterocycles. The predicted octanol–water partition coefficient (Wildman–Crippen LogP) is 2.10. The van der Waals surface area contributed by atoms with E-state index in [0.29, 0.717) is 12.1 Å².